The number of hydrogen-bond acceptors (Lipinski definition) is 6. The van der Waals surface area contributed by atoms with Crippen LogP contribution in [0.15, 0.2) is 41.2 Å². The van der Waals surface area contributed by atoms with Gasteiger partial charge in [0.2, 0.25) is 5.76 Å². The average Bonchev–Trinajstić information content (AvgIpc) is 3.37. The van der Waals surface area contributed by atoms with Crippen LogP contribution in [0, 0.1) is 23.6 Å². The first kappa shape index (κ1) is 20.6. The van der Waals surface area contributed by atoms with E-state index < -0.39 is 11.7 Å². The standard InChI is InChI=1S/C21H22FN3O4/c1-2-21-23-7-8-25(21)11-17-10-18(29-24-17)5-3-15-4-6-20(19(22)9-15)28-14-16(12-26)13-27/h4,6-10,16,26-27H,2,11-14H2,1H3. The second-order valence-electron chi connectivity index (χ2n) is 6.44. The highest BCUT2D eigenvalue weighted by atomic mass is 19.1. The number of halogens is 1. The zero-order valence-corrected chi connectivity index (χ0v) is 16.0. The van der Waals surface area contributed by atoms with E-state index in [1.165, 1.54) is 12.1 Å². The largest absolute Gasteiger partial charge is 0.490 e. The van der Waals surface area contributed by atoms with E-state index in [9.17, 15) is 4.39 Å². The summed E-state index contributed by atoms with van der Waals surface area (Å²) < 4.78 is 26.7. The number of aliphatic hydroxyl groups is 2. The number of hydrogen-bond donors (Lipinski definition) is 2. The van der Waals surface area contributed by atoms with Gasteiger partial charge >= 0.3 is 0 Å². The van der Waals surface area contributed by atoms with Gasteiger partial charge in [0.25, 0.3) is 0 Å². The summed E-state index contributed by atoms with van der Waals surface area (Å²) in [6.45, 7) is 2.12. The number of ether oxygens (including phenoxy) is 1. The van der Waals surface area contributed by atoms with Gasteiger partial charge in [-0.2, -0.15) is 0 Å². The van der Waals surface area contributed by atoms with Crippen LogP contribution in [0.3, 0.4) is 0 Å². The van der Waals surface area contributed by atoms with E-state index >= 15 is 0 Å². The van der Waals surface area contributed by atoms with Crippen LogP contribution in [-0.4, -0.2) is 44.7 Å². The lowest BCUT2D eigenvalue weighted by molar-refractivity contribution is 0.104. The maximum Gasteiger partial charge on any atom is 0.210 e. The average molecular weight is 399 g/mol. The van der Waals surface area contributed by atoms with Crippen molar-refractivity contribution in [3.63, 3.8) is 0 Å². The Labute approximate surface area is 167 Å². The molecule has 0 bridgehead atoms. The lowest BCUT2D eigenvalue weighted by atomic mass is 10.2. The van der Waals surface area contributed by atoms with Gasteiger partial charge in [0, 0.05) is 36.4 Å². The summed E-state index contributed by atoms with van der Waals surface area (Å²) in [5.41, 5.74) is 1.18. The minimum Gasteiger partial charge on any atom is -0.490 e. The summed E-state index contributed by atoms with van der Waals surface area (Å²) in [7, 11) is 0. The summed E-state index contributed by atoms with van der Waals surface area (Å²) in [4.78, 5) is 4.27. The number of nitrogens with zero attached hydrogens (tertiary/aromatic N) is 3. The molecule has 29 heavy (non-hydrogen) atoms. The summed E-state index contributed by atoms with van der Waals surface area (Å²) in [6, 6.07) is 6.08. The molecule has 0 atom stereocenters. The molecule has 0 aliphatic rings. The molecule has 0 spiro atoms. The first-order chi connectivity index (χ1) is 14.1. The van der Waals surface area contributed by atoms with Crippen molar-refractivity contribution in [2.24, 2.45) is 5.92 Å². The van der Waals surface area contributed by atoms with Crippen molar-refractivity contribution in [3.8, 4) is 17.6 Å². The van der Waals surface area contributed by atoms with Crippen molar-refractivity contribution in [1.82, 2.24) is 14.7 Å². The minimum atomic E-state index is -0.572. The summed E-state index contributed by atoms with van der Waals surface area (Å²) >= 11 is 0. The second kappa shape index (κ2) is 9.87. The molecule has 0 fully saturated rings. The third-order valence-electron chi connectivity index (χ3n) is 4.26. The van der Waals surface area contributed by atoms with Crippen LogP contribution in [0.5, 0.6) is 5.75 Å². The van der Waals surface area contributed by atoms with Crippen LogP contribution in [-0.2, 0) is 13.0 Å². The second-order valence-corrected chi connectivity index (χ2v) is 6.44. The van der Waals surface area contributed by atoms with Crippen molar-refractivity contribution in [2.75, 3.05) is 19.8 Å². The van der Waals surface area contributed by atoms with Crippen LogP contribution < -0.4 is 4.74 Å². The Kier molecular flexibility index (Phi) is 7.00. The van der Waals surface area contributed by atoms with E-state index in [1.807, 2.05) is 17.7 Å². The van der Waals surface area contributed by atoms with Gasteiger partial charge in [-0.25, -0.2) is 9.37 Å². The summed E-state index contributed by atoms with van der Waals surface area (Å²) in [5, 5.41) is 22.1. The van der Waals surface area contributed by atoms with Crippen molar-refractivity contribution < 1.29 is 23.9 Å². The maximum atomic E-state index is 14.2. The van der Waals surface area contributed by atoms with Crippen molar-refractivity contribution in [1.29, 1.82) is 0 Å². The fourth-order valence-electron chi connectivity index (χ4n) is 2.62. The molecule has 0 aliphatic carbocycles. The molecule has 0 saturated carbocycles. The minimum absolute atomic E-state index is 0.0203. The molecule has 2 N–H and O–H groups in total. The number of benzene rings is 1. The van der Waals surface area contributed by atoms with Gasteiger partial charge in [-0.1, -0.05) is 18.0 Å². The van der Waals surface area contributed by atoms with Crippen LogP contribution in [0.2, 0.25) is 0 Å². The first-order valence-electron chi connectivity index (χ1n) is 9.24. The molecule has 3 aromatic rings. The molecule has 8 heteroatoms. The third-order valence-corrected chi connectivity index (χ3v) is 4.26. The number of aromatic nitrogens is 3. The van der Waals surface area contributed by atoms with Gasteiger partial charge < -0.3 is 24.0 Å². The third kappa shape index (κ3) is 5.44. The van der Waals surface area contributed by atoms with Crippen LogP contribution in [0.4, 0.5) is 4.39 Å². The Balaban J connectivity index is 1.64. The van der Waals surface area contributed by atoms with E-state index in [0.717, 1.165) is 17.9 Å². The monoisotopic (exact) mass is 399 g/mol. The van der Waals surface area contributed by atoms with Gasteiger partial charge in [0.15, 0.2) is 11.6 Å². The fourth-order valence-corrected chi connectivity index (χ4v) is 2.62. The van der Waals surface area contributed by atoms with Gasteiger partial charge in [-0.15, -0.1) is 0 Å². The molecule has 0 radical (unpaired) electrons. The van der Waals surface area contributed by atoms with E-state index in [0.29, 0.717) is 17.9 Å². The van der Waals surface area contributed by atoms with Gasteiger partial charge in [0.1, 0.15) is 11.5 Å². The lowest BCUT2D eigenvalue weighted by Gasteiger charge is -2.13. The van der Waals surface area contributed by atoms with Gasteiger partial charge in [-0.3, -0.25) is 0 Å². The van der Waals surface area contributed by atoms with Crippen LogP contribution in [0.1, 0.15) is 29.8 Å². The van der Waals surface area contributed by atoms with Crippen molar-refractivity contribution in [3.05, 3.63) is 65.3 Å². The predicted octanol–water partition coefficient (Wildman–Crippen LogP) is 2.00. The molecule has 7 nitrogen and oxygen atoms in total. The molecule has 1 aromatic carbocycles. The molecule has 2 aromatic heterocycles. The normalized spacial score (nSPS) is 10.8. The smallest absolute Gasteiger partial charge is 0.210 e. The van der Waals surface area contributed by atoms with E-state index in [1.54, 1.807) is 18.3 Å². The predicted molar refractivity (Wildman–Crippen MR) is 103 cm³/mol. The van der Waals surface area contributed by atoms with Gasteiger partial charge in [-0.05, 0) is 24.1 Å². The molecule has 0 saturated heterocycles. The Hall–Kier alpha value is -3.15. The molecule has 0 aliphatic heterocycles. The Morgan fingerprint density at radius 3 is 2.79 bits per heavy atom. The highest BCUT2D eigenvalue weighted by molar-refractivity contribution is 5.42. The number of imidazole rings is 1. The Bertz CT molecular complexity index is 999. The Morgan fingerprint density at radius 1 is 1.24 bits per heavy atom. The molecule has 0 amide bonds. The molecular weight excluding hydrogens is 377 g/mol. The summed E-state index contributed by atoms with van der Waals surface area (Å²) in [6.07, 6.45) is 4.45. The van der Waals surface area contributed by atoms with E-state index in [2.05, 4.69) is 22.0 Å². The fraction of sp³-hybridized carbons (Fsp3) is 0.333. The van der Waals surface area contributed by atoms with Crippen LogP contribution >= 0.6 is 0 Å². The van der Waals surface area contributed by atoms with E-state index in [-0.39, 0.29) is 25.6 Å². The van der Waals surface area contributed by atoms with Gasteiger partial charge in [0.05, 0.1) is 26.4 Å². The molecular formula is C21H22FN3O4. The zero-order chi connectivity index (χ0) is 20.6. The quantitative estimate of drug-likeness (QED) is 0.563. The number of aliphatic hydroxyl groups excluding tert-OH is 2. The topological polar surface area (TPSA) is 93.5 Å². The highest BCUT2D eigenvalue weighted by Gasteiger charge is 2.10. The molecule has 3 rings (SSSR count). The zero-order valence-electron chi connectivity index (χ0n) is 16.0. The van der Waals surface area contributed by atoms with E-state index in [4.69, 9.17) is 19.5 Å². The number of rotatable bonds is 8. The lowest BCUT2D eigenvalue weighted by Crippen LogP contribution is -2.20. The van der Waals surface area contributed by atoms with Crippen LogP contribution in [0.25, 0.3) is 0 Å². The summed E-state index contributed by atoms with van der Waals surface area (Å²) in [5.74, 6) is 6.02. The molecule has 0 unspecified atom stereocenters. The van der Waals surface area contributed by atoms with Crippen molar-refractivity contribution >= 4 is 0 Å². The highest BCUT2D eigenvalue weighted by Crippen LogP contribution is 2.19. The molecule has 152 valence electrons. The first-order valence-corrected chi connectivity index (χ1v) is 9.24. The maximum absolute atomic E-state index is 14.2. The number of aryl methyl sites for hydroxylation is 1. The Morgan fingerprint density at radius 2 is 2.07 bits per heavy atom. The molecule has 2 heterocycles. The van der Waals surface area contributed by atoms with Crippen molar-refractivity contribution in [2.45, 2.75) is 19.9 Å². The SMILES string of the molecule is CCc1nccn1Cc1cc(C#Cc2ccc(OCC(CO)CO)c(F)c2)on1.